The zero-order valence-corrected chi connectivity index (χ0v) is 11.0. The van der Waals surface area contributed by atoms with Crippen molar-refractivity contribution >= 4 is 11.9 Å². The summed E-state index contributed by atoms with van der Waals surface area (Å²) in [4.78, 5) is 24.2. The Kier molecular flexibility index (Phi) is 4.17. The molecule has 1 aromatic rings. The summed E-state index contributed by atoms with van der Waals surface area (Å²) in [6.45, 7) is -0.0647. The quantitative estimate of drug-likeness (QED) is 0.858. The van der Waals surface area contributed by atoms with Gasteiger partial charge >= 0.3 is 5.97 Å². The molecule has 1 aromatic carbocycles. The fourth-order valence-corrected chi connectivity index (χ4v) is 2.27. The maximum atomic E-state index is 13.6. The van der Waals surface area contributed by atoms with Gasteiger partial charge in [0.15, 0.2) is 17.5 Å². The molecule has 2 rings (SSSR count). The summed E-state index contributed by atoms with van der Waals surface area (Å²) in [7, 11) is 1.36. The van der Waals surface area contributed by atoms with Crippen LogP contribution in [0, 0.1) is 17.5 Å². The molecule has 0 aliphatic carbocycles. The number of carboxylic acid groups (broad SMARTS) is 1. The number of amides is 1. The molecule has 2 unspecified atom stereocenters. The fourth-order valence-electron chi connectivity index (χ4n) is 2.27. The number of benzene rings is 1. The first kappa shape index (κ1) is 15.3. The molecule has 21 heavy (non-hydrogen) atoms. The molecule has 1 fully saturated rings. The molecule has 0 bridgehead atoms. The summed E-state index contributed by atoms with van der Waals surface area (Å²) < 4.78 is 44.7. The van der Waals surface area contributed by atoms with Gasteiger partial charge in [0.1, 0.15) is 6.04 Å². The maximum Gasteiger partial charge on any atom is 0.326 e. The minimum atomic E-state index is -1.77. The highest BCUT2D eigenvalue weighted by atomic mass is 19.2. The molecule has 1 aliphatic heterocycles. The molecule has 1 amide bonds. The molecule has 0 radical (unpaired) electrons. The second kappa shape index (κ2) is 5.72. The first-order valence-electron chi connectivity index (χ1n) is 6.06. The Labute approximate surface area is 117 Å². The van der Waals surface area contributed by atoms with Gasteiger partial charge in [-0.2, -0.15) is 0 Å². The highest BCUT2D eigenvalue weighted by Gasteiger charge is 2.41. The van der Waals surface area contributed by atoms with Gasteiger partial charge in [0.2, 0.25) is 0 Å². The van der Waals surface area contributed by atoms with Gasteiger partial charge in [-0.05, 0) is 12.1 Å². The Morgan fingerprint density at radius 1 is 1.29 bits per heavy atom. The first-order chi connectivity index (χ1) is 9.86. The number of carbonyl (C=O) groups is 2. The van der Waals surface area contributed by atoms with Crippen molar-refractivity contribution in [3.05, 3.63) is 35.1 Å². The van der Waals surface area contributed by atoms with Crippen molar-refractivity contribution in [1.29, 1.82) is 0 Å². The summed E-state index contributed by atoms with van der Waals surface area (Å²) in [5.74, 6) is -7.11. The van der Waals surface area contributed by atoms with Gasteiger partial charge in [0.25, 0.3) is 5.91 Å². The third-order valence-electron chi connectivity index (χ3n) is 3.41. The fraction of sp³-hybridized carbons (Fsp3) is 0.385. The van der Waals surface area contributed by atoms with E-state index in [1.807, 2.05) is 0 Å². The number of halogens is 3. The lowest BCUT2D eigenvalue weighted by Crippen LogP contribution is -2.41. The maximum absolute atomic E-state index is 13.6. The zero-order valence-electron chi connectivity index (χ0n) is 11.0. The van der Waals surface area contributed by atoms with Crippen LogP contribution in [0.25, 0.3) is 0 Å². The van der Waals surface area contributed by atoms with Gasteiger partial charge < -0.3 is 14.7 Å². The number of hydrogen-bond acceptors (Lipinski definition) is 3. The minimum Gasteiger partial charge on any atom is -0.480 e. The lowest BCUT2D eigenvalue weighted by atomic mass is 10.1. The summed E-state index contributed by atoms with van der Waals surface area (Å²) in [5, 5.41) is 9.08. The van der Waals surface area contributed by atoms with Crippen LogP contribution in [0.2, 0.25) is 0 Å². The van der Waals surface area contributed by atoms with Crippen LogP contribution >= 0.6 is 0 Å². The van der Waals surface area contributed by atoms with Crippen molar-refractivity contribution in [1.82, 2.24) is 4.90 Å². The zero-order chi connectivity index (χ0) is 15.7. The Balaban J connectivity index is 2.35. The minimum absolute atomic E-state index is 0.0445. The Bertz CT molecular complexity index is 593. The van der Waals surface area contributed by atoms with Gasteiger partial charge in [-0.15, -0.1) is 0 Å². The monoisotopic (exact) mass is 303 g/mol. The number of ether oxygens (including phenoxy) is 1. The molecule has 1 aliphatic rings. The van der Waals surface area contributed by atoms with Crippen LogP contribution in [0.4, 0.5) is 13.2 Å². The van der Waals surface area contributed by atoms with E-state index in [4.69, 9.17) is 9.84 Å². The van der Waals surface area contributed by atoms with Crippen molar-refractivity contribution < 1.29 is 32.6 Å². The SMILES string of the molecule is COC1CC(C(=O)O)N(C(=O)c2ccc(F)c(F)c2F)C1. The summed E-state index contributed by atoms with van der Waals surface area (Å²) in [5.41, 5.74) is -0.711. The molecule has 8 heteroatoms. The Hall–Kier alpha value is -2.09. The van der Waals surface area contributed by atoms with Gasteiger partial charge in [0.05, 0.1) is 11.7 Å². The highest BCUT2D eigenvalue weighted by molar-refractivity contribution is 5.97. The summed E-state index contributed by atoms with van der Waals surface area (Å²) in [6, 6.07) is 0.204. The van der Waals surface area contributed by atoms with E-state index >= 15 is 0 Å². The molecule has 114 valence electrons. The smallest absolute Gasteiger partial charge is 0.326 e. The third-order valence-corrected chi connectivity index (χ3v) is 3.41. The summed E-state index contributed by atoms with van der Waals surface area (Å²) in [6.07, 6.45) is -0.466. The Morgan fingerprint density at radius 3 is 2.52 bits per heavy atom. The predicted molar refractivity (Wildman–Crippen MR) is 64.2 cm³/mol. The number of carboxylic acids is 1. The van der Waals surface area contributed by atoms with E-state index in [1.54, 1.807) is 0 Å². The van der Waals surface area contributed by atoms with E-state index in [2.05, 4.69) is 0 Å². The van der Waals surface area contributed by atoms with Gasteiger partial charge in [0, 0.05) is 20.1 Å². The largest absolute Gasteiger partial charge is 0.480 e. The van der Waals surface area contributed by atoms with Crippen molar-refractivity contribution in [3.8, 4) is 0 Å². The number of methoxy groups -OCH3 is 1. The average Bonchev–Trinajstić information content (AvgIpc) is 2.89. The molecule has 2 atom stereocenters. The van der Waals surface area contributed by atoms with Crippen LogP contribution in [0.5, 0.6) is 0 Å². The van der Waals surface area contributed by atoms with Crippen molar-refractivity contribution in [3.63, 3.8) is 0 Å². The average molecular weight is 303 g/mol. The number of likely N-dealkylation sites (tertiary alicyclic amines) is 1. The molecule has 0 spiro atoms. The standard InChI is InChI=1S/C13H12F3NO4/c1-21-6-4-9(13(19)20)17(5-6)12(18)7-2-3-8(14)11(16)10(7)15/h2-3,6,9H,4-5H2,1H3,(H,19,20). The second-order valence-corrected chi connectivity index (χ2v) is 4.63. The topological polar surface area (TPSA) is 66.8 Å². The number of carbonyl (C=O) groups excluding carboxylic acids is 1. The van der Waals surface area contributed by atoms with E-state index in [1.165, 1.54) is 7.11 Å². The molecule has 1 heterocycles. The third kappa shape index (κ3) is 2.71. The number of rotatable bonds is 3. The van der Waals surface area contributed by atoms with E-state index < -0.39 is 47.0 Å². The van der Waals surface area contributed by atoms with Crippen molar-refractivity contribution in [2.24, 2.45) is 0 Å². The highest BCUT2D eigenvalue weighted by Crippen LogP contribution is 2.24. The van der Waals surface area contributed by atoms with E-state index in [9.17, 15) is 22.8 Å². The van der Waals surface area contributed by atoms with Gasteiger partial charge in [-0.25, -0.2) is 18.0 Å². The van der Waals surface area contributed by atoms with Crippen LogP contribution < -0.4 is 0 Å². The second-order valence-electron chi connectivity index (χ2n) is 4.63. The number of nitrogens with zero attached hydrogens (tertiary/aromatic N) is 1. The molecule has 1 saturated heterocycles. The lowest BCUT2D eigenvalue weighted by molar-refractivity contribution is -0.141. The summed E-state index contributed by atoms with van der Waals surface area (Å²) >= 11 is 0. The normalized spacial score (nSPS) is 21.6. The van der Waals surface area contributed by atoms with Crippen molar-refractivity contribution in [2.75, 3.05) is 13.7 Å². The van der Waals surface area contributed by atoms with E-state index in [0.717, 1.165) is 11.0 Å². The van der Waals surface area contributed by atoms with E-state index in [-0.39, 0.29) is 13.0 Å². The number of aliphatic carboxylic acids is 1. The van der Waals surface area contributed by atoms with Crippen LogP contribution in [0.3, 0.4) is 0 Å². The predicted octanol–water partition coefficient (Wildman–Crippen LogP) is 1.42. The van der Waals surface area contributed by atoms with Crippen molar-refractivity contribution in [2.45, 2.75) is 18.6 Å². The molecule has 1 N–H and O–H groups in total. The lowest BCUT2D eigenvalue weighted by Gasteiger charge is -2.21. The van der Waals surface area contributed by atoms with Gasteiger partial charge in [-0.3, -0.25) is 4.79 Å². The van der Waals surface area contributed by atoms with E-state index in [0.29, 0.717) is 6.07 Å². The van der Waals surface area contributed by atoms with Gasteiger partial charge in [-0.1, -0.05) is 0 Å². The number of hydrogen-bond donors (Lipinski definition) is 1. The molecule has 0 saturated carbocycles. The first-order valence-corrected chi connectivity index (χ1v) is 6.06. The van der Waals surface area contributed by atoms with Crippen LogP contribution in [0.15, 0.2) is 12.1 Å². The van der Waals surface area contributed by atoms with Crippen LogP contribution in [-0.4, -0.2) is 47.7 Å². The molecule has 5 nitrogen and oxygen atoms in total. The van der Waals surface area contributed by atoms with Crippen LogP contribution in [-0.2, 0) is 9.53 Å². The molecular formula is C13H12F3NO4. The molecular weight excluding hydrogens is 291 g/mol. The molecule has 0 aromatic heterocycles. The van der Waals surface area contributed by atoms with Crippen LogP contribution in [0.1, 0.15) is 16.8 Å². The Morgan fingerprint density at radius 2 is 1.95 bits per heavy atom.